The number of benzene rings is 1. The fourth-order valence-corrected chi connectivity index (χ4v) is 3.40. The Morgan fingerprint density at radius 3 is 2.00 bits per heavy atom. The summed E-state index contributed by atoms with van der Waals surface area (Å²) in [5.74, 6) is 1.79. The monoisotopic (exact) mass is 364 g/mol. The largest absolute Gasteiger partial charge is 0.497 e. The average molecular weight is 365 g/mol. The third-order valence-electron chi connectivity index (χ3n) is 4.57. The van der Waals surface area contributed by atoms with Gasteiger partial charge in [-0.25, -0.2) is 0 Å². The van der Waals surface area contributed by atoms with Gasteiger partial charge in [0.05, 0.1) is 14.2 Å². The van der Waals surface area contributed by atoms with Crippen LogP contribution in [0, 0.1) is 0 Å². The maximum Gasteiger partial charge on any atom is 0.122 e. The zero-order chi connectivity index (χ0) is 20.0. The third kappa shape index (κ3) is 8.41. The lowest BCUT2D eigenvalue weighted by Gasteiger charge is -2.37. The molecule has 4 heteroatoms. The molecule has 2 N–H and O–H groups in total. The molecule has 0 radical (unpaired) electrons. The van der Waals surface area contributed by atoms with Crippen molar-refractivity contribution in [3.8, 4) is 11.5 Å². The standard InChI is InChI=1S/C22H40N2O2/c1-20(2,3)24-22(6,7)14-13-21(4,5)23-15-12-17-16-18(25-8)10-11-19(17)26-9/h10-11,16,23-24H,12-15H2,1-9H3. The Morgan fingerprint density at radius 2 is 1.46 bits per heavy atom. The van der Waals surface area contributed by atoms with Crippen LogP contribution >= 0.6 is 0 Å². The molecule has 1 aromatic carbocycles. The molecule has 1 rings (SSSR count). The normalized spacial score (nSPS) is 13.0. The molecule has 1 aromatic rings. The molecule has 26 heavy (non-hydrogen) atoms. The first-order valence-electron chi connectivity index (χ1n) is 9.63. The van der Waals surface area contributed by atoms with Crippen LogP contribution < -0.4 is 20.1 Å². The quantitative estimate of drug-likeness (QED) is 0.639. The molecule has 0 aliphatic rings. The van der Waals surface area contributed by atoms with Gasteiger partial charge in [-0.1, -0.05) is 0 Å². The maximum absolute atomic E-state index is 5.47. The van der Waals surface area contributed by atoms with Gasteiger partial charge in [-0.2, -0.15) is 0 Å². The van der Waals surface area contributed by atoms with Crippen molar-refractivity contribution < 1.29 is 9.47 Å². The minimum absolute atomic E-state index is 0.0862. The molecule has 0 bridgehead atoms. The van der Waals surface area contributed by atoms with Crippen molar-refractivity contribution >= 4 is 0 Å². The van der Waals surface area contributed by atoms with Gasteiger partial charge in [0.25, 0.3) is 0 Å². The molecule has 0 saturated heterocycles. The summed E-state index contributed by atoms with van der Waals surface area (Å²) in [7, 11) is 3.41. The van der Waals surface area contributed by atoms with E-state index >= 15 is 0 Å². The Labute approximate surface area is 161 Å². The molecule has 0 aliphatic carbocycles. The first-order chi connectivity index (χ1) is 11.9. The molecule has 0 heterocycles. The molecule has 0 fully saturated rings. The van der Waals surface area contributed by atoms with Gasteiger partial charge in [0.1, 0.15) is 11.5 Å². The van der Waals surface area contributed by atoms with Crippen LogP contribution in [0.3, 0.4) is 0 Å². The molecular weight excluding hydrogens is 324 g/mol. The van der Waals surface area contributed by atoms with E-state index < -0.39 is 0 Å². The van der Waals surface area contributed by atoms with E-state index in [1.165, 1.54) is 5.56 Å². The summed E-state index contributed by atoms with van der Waals surface area (Å²) >= 11 is 0. The Bertz CT molecular complexity index is 560. The second kappa shape index (κ2) is 9.09. The van der Waals surface area contributed by atoms with E-state index in [4.69, 9.17) is 9.47 Å². The third-order valence-corrected chi connectivity index (χ3v) is 4.57. The zero-order valence-corrected chi connectivity index (χ0v) is 18.4. The smallest absolute Gasteiger partial charge is 0.122 e. The van der Waals surface area contributed by atoms with Crippen molar-refractivity contribution in [3.05, 3.63) is 23.8 Å². The molecule has 0 saturated carbocycles. The van der Waals surface area contributed by atoms with Crippen LogP contribution in [0.15, 0.2) is 18.2 Å². The molecule has 0 amide bonds. The molecule has 4 nitrogen and oxygen atoms in total. The van der Waals surface area contributed by atoms with Crippen LogP contribution in [-0.4, -0.2) is 37.4 Å². The van der Waals surface area contributed by atoms with Gasteiger partial charge in [0.15, 0.2) is 0 Å². The van der Waals surface area contributed by atoms with Crippen molar-refractivity contribution in [2.75, 3.05) is 20.8 Å². The van der Waals surface area contributed by atoms with Crippen LogP contribution in [0.5, 0.6) is 11.5 Å². The lowest BCUT2D eigenvalue weighted by molar-refractivity contribution is 0.234. The first-order valence-corrected chi connectivity index (χ1v) is 9.63. The molecule has 150 valence electrons. The molecule has 0 atom stereocenters. The fourth-order valence-electron chi connectivity index (χ4n) is 3.40. The minimum Gasteiger partial charge on any atom is -0.497 e. The zero-order valence-electron chi connectivity index (χ0n) is 18.4. The Morgan fingerprint density at radius 1 is 0.846 bits per heavy atom. The van der Waals surface area contributed by atoms with Gasteiger partial charge in [0.2, 0.25) is 0 Å². The van der Waals surface area contributed by atoms with Gasteiger partial charge >= 0.3 is 0 Å². The number of rotatable bonds is 10. The Balaban J connectivity index is 2.56. The number of hydrogen-bond acceptors (Lipinski definition) is 4. The van der Waals surface area contributed by atoms with Crippen LogP contribution in [0.2, 0.25) is 0 Å². The first kappa shape index (κ1) is 22.8. The highest BCUT2D eigenvalue weighted by Gasteiger charge is 2.27. The van der Waals surface area contributed by atoms with E-state index in [1.807, 2.05) is 12.1 Å². The maximum atomic E-state index is 5.47. The predicted octanol–water partition coefficient (Wildman–Crippen LogP) is 4.56. The SMILES string of the molecule is COc1ccc(OC)c(CCNC(C)(C)CCC(C)(C)NC(C)(C)C)c1. The average Bonchev–Trinajstić information content (AvgIpc) is 2.51. The number of ether oxygens (including phenoxy) is 2. The second-order valence-electron chi connectivity index (χ2n) is 9.50. The van der Waals surface area contributed by atoms with Gasteiger partial charge in [-0.05, 0) is 98.0 Å². The molecular formula is C22H40N2O2. The van der Waals surface area contributed by atoms with E-state index in [0.29, 0.717) is 0 Å². The van der Waals surface area contributed by atoms with Gasteiger partial charge < -0.3 is 20.1 Å². The highest BCUT2D eigenvalue weighted by atomic mass is 16.5. The summed E-state index contributed by atoms with van der Waals surface area (Å²) in [6.07, 6.45) is 3.14. The summed E-state index contributed by atoms with van der Waals surface area (Å²) < 4.78 is 10.8. The second-order valence-corrected chi connectivity index (χ2v) is 9.50. The Kier molecular flexibility index (Phi) is 7.97. The van der Waals surface area contributed by atoms with E-state index in [2.05, 4.69) is 65.2 Å². The van der Waals surface area contributed by atoms with E-state index in [9.17, 15) is 0 Å². The summed E-state index contributed by atoms with van der Waals surface area (Å²) in [6, 6.07) is 5.97. The fraction of sp³-hybridized carbons (Fsp3) is 0.727. The highest BCUT2D eigenvalue weighted by molar-refractivity contribution is 5.40. The van der Waals surface area contributed by atoms with Crippen molar-refractivity contribution in [2.24, 2.45) is 0 Å². The van der Waals surface area contributed by atoms with Crippen LogP contribution in [0.4, 0.5) is 0 Å². The van der Waals surface area contributed by atoms with Gasteiger partial charge in [0, 0.05) is 16.6 Å². The van der Waals surface area contributed by atoms with Crippen molar-refractivity contribution in [3.63, 3.8) is 0 Å². The van der Waals surface area contributed by atoms with Gasteiger partial charge in [-0.3, -0.25) is 0 Å². The number of nitrogens with one attached hydrogen (secondary N) is 2. The Hall–Kier alpha value is -1.26. The van der Waals surface area contributed by atoms with Crippen LogP contribution in [-0.2, 0) is 6.42 Å². The van der Waals surface area contributed by atoms with Crippen molar-refractivity contribution in [2.45, 2.75) is 84.3 Å². The summed E-state index contributed by atoms with van der Waals surface area (Å²) in [5.41, 5.74) is 1.50. The highest BCUT2D eigenvalue weighted by Crippen LogP contribution is 2.25. The summed E-state index contributed by atoms with van der Waals surface area (Å²) in [5, 5.41) is 7.43. The lowest BCUT2D eigenvalue weighted by Crippen LogP contribution is -2.52. The van der Waals surface area contributed by atoms with E-state index in [1.54, 1.807) is 14.2 Å². The van der Waals surface area contributed by atoms with E-state index in [0.717, 1.165) is 37.3 Å². The van der Waals surface area contributed by atoms with E-state index in [-0.39, 0.29) is 16.6 Å². The number of methoxy groups -OCH3 is 2. The number of hydrogen-bond donors (Lipinski definition) is 2. The van der Waals surface area contributed by atoms with Gasteiger partial charge in [-0.15, -0.1) is 0 Å². The molecule has 0 unspecified atom stereocenters. The summed E-state index contributed by atoms with van der Waals surface area (Å²) in [6.45, 7) is 16.7. The van der Waals surface area contributed by atoms with Crippen molar-refractivity contribution in [1.82, 2.24) is 10.6 Å². The van der Waals surface area contributed by atoms with Crippen LogP contribution in [0.1, 0.15) is 66.9 Å². The van der Waals surface area contributed by atoms with Crippen molar-refractivity contribution in [1.29, 1.82) is 0 Å². The molecule has 0 aromatic heterocycles. The molecule has 0 aliphatic heterocycles. The minimum atomic E-state index is 0.0862. The van der Waals surface area contributed by atoms with Crippen LogP contribution in [0.25, 0.3) is 0 Å². The summed E-state index contributed by atoms with van der Waals surface area (Å²) in [4.78, 5) is 0. The topological polar surface area (TPSA) is 42.5 Å². The lowest BCUT2D eigenvalue weighted by atomic mass is 9.87. The molecule has 0 spiro atoms. The predicted molar refractivity (Wildman–Crippen MR) is 112 cm³/mol.